The Bertz CT molecular complexity index is 820. The lowest BCUT2D eigenvalue weighted by Crippen LogP contribution is -2.52. The van der Waals surface area contributed by atoms with Crippen molar-refractivity contribution in [2.24, 2.45) is 7.05 Å². The molecule has 5 rings (SSSR count). The maximum atomic E-state index is 4.71. The number of anilines is 1. The number of nitrogens with zero attached hydrogens (tertiary/aromatic N) is 7. The molecule has 0 spiro atoms. The average Bonchev–Trinajstić information content (AvgIpc) is 3.12. The fourth-order valence-electron chi connectivity index (χ4n) is 4.95. The van der Waals surface area contributed by atoms with Crippen LogP contribution in [0.4, 0.5) is 5.82 Å². The Morgan fingerprint density at radius 2 is 1.86 bits per heavy atom. The van der Waals surface area contributed by atoms with Gasteiger partial charge in [-0.3, -0.25) is 9.80 Å². The second-order valence-corrected chi connectivity index (χ2v) is 8.52. The van der Waals surface area contributed by atoms with E-state index in [1.807, 2.05) is 12.4 Å². The molecule has 0 N–H and O–H groups in total. The van der Waals surface area contributed by atoms with Crippen LogP contribution in [-0.2, 0) is 20.0 Å². The molecule has 1 atom stereocenters. The average molecular weight is 382 g/mol. The molecule has 0 radical (unpaired) electrons. The molecule has 1 saturated heterocycles. The number of rotatable bonds is 4. The summed E-state index contributed by atoms with van der Waals surface area (Å²) in [5.41, 5.74) is 2.56. The van der Waals surface area contributed by atoms with Gasteiger partial charge in [-0.25, -0.2) is 15.0 Å². The van der Waals surface area contributed by atoms with Gasteiger partial charge in [0.05, 0.1) is 11.7 Å². The van der Waals surface area contributed by atoms with Crippen LogP contribution < -0.4 is 4.90 Å². The SMILES string of the molecule is CC(c1nccn1C)N1CCc2c(ncnc2N2CCN(C3CCC3)CC2)C1. The topological polar surface area (TPSA) is 53.3 Å². The highest BCUT2D eigenvalue weighted by Crippen LogP contribution is 2.31. The Kier molecular flexibility index (Phi) is 4.80. The summed E-state index contributed by atoms with van der Waals surface area (Å²) < 4.78 is 2.12. The largest absolute Gasteiger partial charge is 0.354 e. The minimum atomic E-state index is 0.289. The van der Waals surface area contributed by atoms with Crippen LogP contribution in [0.25, 0.3) is 0 Å². The number of hydrogen-bond donors (Lipinski definition) is 0. The first-order chi connectivity index (χ1) is 13.7. The van der Waals surface area contributed by atoms with Gasteiger partial charge < -0.3 is 9.47 Å². The molecule has 7 nitrogen and oxygen atoms in total. The molecular weight excluding hydrogens is 350 g/mol. The Hall–Kier alpha value is -1.99. The highest BCUT2D eigenvalue weighted by Gasteiger charge is 2.31. The Labute approximate surface area is 167 Å². The molecule has 1 saturated carbocycles. The zero-order valence-corrected chi connectivity index (χ0v) is 17.1. The Balaban J connectivity index is 1.29. The van der Waals surface area contributed by atoms with E-state index in [2.05, 4.69) is 43.2 Å². The van der Waals surface area contributed by atoms with Crippen LogP contribution in [0.15, 0.2) is 18.7 Å². The molecule has 2 aliphatic heterocycles. The first-order valence-electron chi connectivity index (χ1n) is 10.7. The fourth-order valence-corrected chi connectivity index (χ4v) is 4.95. The number of hydrogen-bond acceptors (Lipinski definition) is 6. The third-order valence-electron chi connectivity index (χ3n) is 7.00. The van der Waals surface area contributed by atoms with E-state index in [0.29, 0.717) is 0 Å². The standard InChI is InChI=1S/C21H31N7/c1-16(20-22-7-9-25(20)2)28-8-6-18-19(14-28)23-15-24-21(18)27-12-10-26(11-13-27)17-4-3-5-17/h7,9,15-17H,3-6,8,10-14H2,1-2H3. The van der Waals surface area contributed by atoms with E-state index in [1.54, 1.807) is 6.33 Å². The smallest absolute Gasteiger partial charge is 0.135 e. The Morgan fingerprint density at radius 1 is 1.04 bits per heavy atom. The van der Waals surface area contributed by atoms with Gasteiger partial charge in [-0.15, -0.1) is 0 Å². The number of imidazole rings is 1. The van der Waals surface area contributed by atoms with E-state index in [4.69, 9.17) is 4.98 Å². The van der Waals surface area contributed by atoms with Crippen molar-refractivity contribution in [1.82, 2.24) is 29.3 Å². The summed E-state index contributed by atoms with van der Waals surface area (Å²) in [6.45, 7) is 8.68. The van der Waals surface area contributed by atoms with Gasteiger partial charge in [-0.2, -0.15) is 0 Å². The van der Waals surface area contributed by atoms with Gasteiger partial charge in [0.2, 0.25) is 0 Å². The van der Waals surface area contributed by atoms with Gasteiger partial charge in [0, 0.05) is 70.3 Å². The second kappa shape index (κ2) is 7.44. The summed E-state index contributed by atoms with van der Waals surface area (Å²) in [5, 5.41) is 0. The van der Waals surface area contributed by atoms with E-state index in [0.717, 1.165) is 44.5 Å². The second-order valence-electron chi connectivity index (χ2n) is 8.52. The van der Waals surface area contributed by atoms with Crippen molar-refractivity contribution in [2.45, 2.75) is 51.2 Å². The summed E-state index contributed by atoms with van der Waals surface area (Å²) in [6, 6.07) is 1.14. The predicted octanol–water partition coefficient (Wildman–Crippen LogP) is 2.00. The molecule has 0 amide bonds. The molecule has 150 valence electrons. The molecule has 2 aromatic heterocycles. The van der Waals surface area contributed by atoms with Gasteiger partial charge in [0.1, 0.15) is 18.0 Å². The van der Waals surface area contributed by atoms with E-state index in [-0.39, 0.29) is 6.04 Å². The van der Waals surface area contributed by atoms with Crippen molar-refractivity contribution in [3.8, 4) is 0 Å². The van der Waals surface area contributed by atoms with E-state index < -0.39 is 0 Å². The van der Waals surface area contributed by atoms with Gasteiger partial charge in [0.25, 0.3) is 0 Å². The third kappa shape index (κ3) is 3.20. The Morgan fingerprint density at radius 3 is 2.54 bits per heavy atom. The first kappa shape index (κ1) is 18.1. The number of piperazine rings is 1. The first-order valence-corrected chi connectivity index (χ1v) is 10.7. The summed E-state index contributed by atoms with van der Waals surface area (Å²) in [6.07, 6.45) is 10.9. The highest BCUT2D eigenvalue weighted by molar-refractivity contribution is 5.50. The summed E-state index contributed by atoms with van der Waals surface area (Å²) in [7, 11) is 2.07. The summed E-state index contributed by atoms with van der Waals surface area (Å²) >= 11 is 0. The van der Waals surface area contributed by atoms with Crippen molar-refractivity contribution in [1.29, 1.82) is 0 Å². The molecule has 28 heavy (non-hydrogen) atoms. The van der Waals surface area contributed by atoms with Gasteiger partial charge in [-0.1, -0.05) is 6.42 Å². The number of aryl methyl sites for hydroxylation is 1. The van der Waals surface area contributed by atoms with Crippen LogP contribution in [0.2, 0.25) is 0 Å². The van der Waals surface area contributed by atoms with E-state index >= 15 is 0 Å². The molecule has 4 heterocycles. The maximum Gasteiger partial charge on any atom is 0.135 e. The van der Waals surface area contributed by atoms with Crippen LogP contribution in [-0.4, -0.2) is 68.1 Å². The number of fused-ring (bicyclic) bond motifs is 1. The molecule has 1 unspecified atom stereocenters. The molecule has 1 aliphatic carbocycles. The zero-order valence-electron chi connectivity index (χ0n) is 17.1. The summed E-state index contributed by atoms with van der Waals surface area (Å²) in [5.74, 6) is 2.30. The number of aromatic nitrogens is 4. The molecule has 0 bridgehead atoms. The molecule has 3 aliphatic rings. The van der Waals surface area contributed by atoms with Crippen molar-refractivity contribution in [3.05, 3.63) is 35.8 Å². The van der Waals surface area contributed by atoms with Crippen LogP contribution >= 0.6 is 0 Å². The fraction of sp³-hybridized carbons (Fsp3) is 0.667. The van der Waals surface area contributed by atoms with Gasteiger partial charge in [-0.05, 0) is 26.2 Å². The van der Waals surface area contributed by atoms with Crippen LogP contribution in [0.3, 0.4) is 0 Å². The molecular formula is C21H31N7. The van der Waals surface area contributed by atoms with Crippen molar-refractivity contribution in [2.75, 3.05) is 37.6 Å². The van der Waals surface area contributed by atoms with Crippen molar-refractivity contribution >= 4 is 5.82 Å². The van der Waals surface area contributed by atoms with E-state index in [9.17, 15) is 0 Å². The molecule has 2 aromatic rings. The summed E-state index contributed by atoms with van der Waals surface area (Å²) in [4.78, 5) is 21.6. The van der Waals surface area contributed by atoms with Gasteiger partial charge in [0.15, 0.2) is 0 Å². The maximum absolute atomic E-state index is 4.71. The van der Waals surface area contributed by atoms with Crippen molar-refractivity contribution in [3.63, 3.8) is 0 Å². The minimum Gasteiger partial charge on any atom is -0.354 e. The van der Waals surface area contributed by atoms with Gasteiger partial charge >= 0.3 is 0 Å². The normalized spacial score (nSPS) is 22.7. The zero-order chi connectivity index (χ0) is 19.1. The van der Waals surface area contributed by atoms with Crippen molar-refractivity contribution < 1.29 is 0 Å². The van der Waals surface area contributed by atoms with Crippen LogP contribution in [0, 0.1) is 0 Å². The lowest BCUT2D eigenvalue weighted by molar-refractivity contribution is 0.120. The quantitative estimate of drug-likeness (QED) is 0.808. The lowest BCUT2D eigenvalue weighted by atomic mass is 9.91. The third-order valence-corrected chi connectivity index (χ3v) is 7.00. The monoisotopic (exact) mass is 381 g/mol. The van der Waals surface area contributed by atoms with Crippen LogP contribution in [0.5, 0.6) is 0 Å². The molecule has 2 fully saturated rings. The molecule has 7 heteroatoms. The van der Waals surface area contributed by atoms with Crippen LogP contribution in [0.1, 0.15) is 49.3 Å². The lowest BCUT2D eigenvalue weighted by Gasteiger charge is -2.44. The van der Waals surface area contributed by atoms with E-state index in [1.165, 1.54) is 49.4 Å². The predicted molar refractivity (Wildman–Crippen MR) is 109 cm³/mol. The minimum absolute atomic E-state index is 0.289. The highest BCUT2D eigenvalue weighted by atomic mass is 15.3. The molecule has 0 aromatic carbocycles.